The maximum absolute atomic E-state index is 12.0. The van der Waals surface area contributed by atoms with Crippen LogP contribution in [0.25, 0.3) is 11.4 Å². The fourth-order valence-corrected chi connectivity index (χ4v) is 6.02. The van der Waals surface area contributed by atoms with Gasteiger partial charge in [-0.25, -0.2) is 4.79 Å². The monoisotopic (exact) mass is 589 g/mol. The minimum Gasteiger partial charge on any atom is -0.491 e. The molecule has 3 unspecified atom stereocenters. The zero-order valence-corrected chi connectivity index (χ0v) is 24.2. The second-order valence-corrected chi connectivity index (χ2v) is 11.0. The van der Waals surface area contributed by atoms with Crippen LogP contribution in [0.3, 0.4) is 0 Å². The number of urea groups is 1. The van der Waals surface area contributed by atoms with Crippen LogP contribution in [-0.4, -0.2) is 108 Å². The van der Waals surface area contributed by atoms with E-state index in [0.717, 1.165) is 36.3 Å². The summed E-state index contributed by atoms with van der Waals surface area (Å²) in [5.41, 5.74) is 0.818. The first kappa shape index (κ1) is 30.9. The molecule has 3 N–H and O–H groups in total. The van der Waals surface area contributed by atoms with Gasteiger partial charge in [0.05, 0.1) is 51.7 Å². The number of amides is 3. The predicted octanol–water partition coefficient (Wildman–Crippen LogP) is 1.51. The van der Waals surface area contributed by atoms with Gasteiger partial charge in [-0.1, -0.05) is 6.42 Å². The van der Waals surface area contributed by atoms with Crippen LogP contribution in [0, 0.1) is 6.92 Å². The third-order valence-corrected chi connectivity index (χ3v) is 8.09. The number of hydrogen-bond donors (Lipinski definition) is 3. The lowest BCUT2D eigenvalue weighted by atomic mass is 10.0. The molecule has 3 amide bonds. The number of rotatable bonds is 19. The summed E-state index contributed by atoms with van der Waals surface area (Å²) in [7, 11) is 0. The highest BCUT2D eigenvalue weighted by atomic mass is 32.2. The first-order valence-electron chi connectivity index (χ1n) is 14.0. The molecule has 2 saturated heterocycles. The Kier molecular flexibility index (Phi) is 12.8. The van der Waals surface area contributed by atoms with Gasteiger partial charge >= 0.3 is 6.03 Å². The van der Waals surface area contributed by atoms with Crippen molar-refractivity contribution in [3.05, 3.63) is 30.1 Å². The quantitative estimate of drug-likeness (QED) is 0.161. The van der Waals surface area contributed by atoms with Gasteiger partial charge in [-0.05, 0) is 44.0 Å². The zero-order valence-electron chi connectivity index (χ0n) is 23.4. The molecule has 0 aliphatic carbocycles. The second kappa shape index (κ2) is 17.0. The van der Waals surface area contributed by atoms with Crippen LogP contribution in [0.4, 0.5) is 4.79 Å². The Morgan fingerprint density at radius 3 is 2.34 bits per heavy atom. The molecule has 1 aromatic carbocycles. The van der Waals surface area contributed by atoms with Gasteiger partial charge in [0.25, 0.3) is 0 Å². The van der Waals surface area contributed by atoms with Gasteiger partial charge in [0.15, 0.2) is 5.82 Å². The average molecular weight is 590 g/mol. The summed E-state index contributed by atoms with van der Waals surface area (Å²) in [6.07, 6.45) is 3.35. The molecule has 0 saturated carbocycles. The molecule has 2 fully saturated rings. The Morgan fingerprint density at radius 2 is 1.61 bits per heavy atom. The number of hydrogen-bond acceptors (Lipinski definition) is 11. The molecule has 1 aromatic heterocycles. The number of aromatic nitrogens is 4. The van der Waals surface area contributed by atoms with Crippen LogP contribution in [0.5, 0.6) is 5.75 Å². The summed E-state index contributed by atoms with van der Waals surface area (Å²) < 4.78 is 22.2. The number of thioether (sulfide) groups is 1. The lowest BCUT2D eigenvalue weighted by molar-refractivity contribution is -0.121. The topological polar surface area (TPSA) is 159 Å². The maximum atomic E-state index is 12.0. The van der Waals surface area contributed by atoms with E-state index in [1.807, 2.05) is 36.0 Å². The predicted molar refractivity (Wildman–Crippen MR) is 153 cm³/mol. The highest BCUT2D eigenvalue weighted by Crippen LogP contribution is 2.33. The highest BCUT2D eigenvalue weighted by molar-refractivity contribution is 8.00. The molecule has 224 valence electrons. The van der Waals surface area contributed by atoms with E-state index in [4.69, 9.17) is 18.9 Å². The number of ether oxygens (including phenoxy) is 4. The summed E-state index contributed by atoms with van der Waals surface area (Å²) >= 11 is 1.90. The highest BCUT2D eigenvalue weighted by Gasteiger charge is 2.42. The van der Waals surface area contributed by atoms with Crippen molar-refractivity contribution in [2.24, 2.45) is 0 Å². The molecule has 3 atom stereocenters. The normalized spacial score (nSPS) is 19.4. The molecule has 0 bridgehead atoms. The van der Waals surface area contributed by atoms with Crippen molar-refractivity contribution in [3.63, 3.8) is 0 Å². The molecule has 41 heavy (non-hydrogen) atoms. The summed E-state index contributed by atoms with van der Waals surface area (Å²) in [6.45, 7) is 5.41. The van der Waals surface area contributed by atoms with Gasteiger partial charge < -0.3 is 34.9 Å². The molecule has 2 aliphatic heterocycles. The number of aryl methyl sites for hydroxylation is 1. The summed E-state index contributed by atoms with van der Waals surface area (Å²) in [6, 6.07) is 7.82. The average Bonchev–Trinajstić information content (AvgIpc) is 3.53. The van der Waals surface area contributed by atoms with Crippen LogP contribution < -0.4 is 20.7 Å². The molecular formula is C27H39N7O6S. The van der Waals surface area contributed by atoms with E-state index in [9.17, 15) is 9.59 Å². The van der Waals surface area contributed by atoms with Crippen molar-refractivity contribution in [2.75, 3.05) is 58.5 Å². The number of nitrogens with zero attached hydrogens (tertiary/aromatic N) is 4. The van der Waals surface area contributed by atoms with E-state index in [0.29, 0.717) is 76.1 Å². The summed E-state index contributed by atoms with van der Waals surface area (Å²) in [4.78, 5) is 23.5. The van der Waals surface area contributed by atoms with E-state index < -0.39 is 0 Å². The number of unbranched alkanes of at least 4 members (excludes halogenated alkanes) is 1. The maximum Gasteiger partial charge on any atom is 0.315 e. The molecule has 2 aromatic rings. The van der Waals surface area contributed by atoms with E-state index >= 15 is 0 Å². The van der Waals surface area contributed by atoms with Gasteiger partial charge in [0, 0.05) is 29.5 Å². The molecule has 0 spiro atoms. The molecular weight excluding hydrogens is 550 g/mol. The van der Waals surface area contributed by atoms with Gasteiger partial charge in [-0.2, -0.15) is 11.8 Å². The smallest absolute Gasteiger partial charge is 0.315 e. The molecule has 3 heterocycles. The van der Waals surface area contributed by atoms with Crippen molar-refractivity contribution in [3.8, 4) is 17.1 Å². The van der Waals surface area contributed by atoms with Crippen LogP contribution in [0.15, 0.2) is 24.3 Å². The van der Waals surface area contributed by atoms with E-state index in [-0.39, 0.29) is 24.0 Å². The minimum atomic E-state index is -0.0590. The Labute approximate surface area is 244 Å². The second-order valence-electron chi connectivity index (χ2n) is 9.70. The fourth-order valence-electron chi connectivity index (χ4n) is 4.48. The number of benzene rings is 1. The van der Waals surface area contributed by atoms with Crippen molar-refractivity contribution in [1.29, 1.82) is 0 Å². The van der Waals surface area contributed by atoms with Crippen LogP contribution >= 0.6 is 11.8 Å². The van der Waals surface area contributed by atoms with Gasteiger partial charge in [0.2, 0.25) is 11.7 Å². The third-order valence-electron chi connectivity index (χ3n) is 6.58. The van der Waals surface area contributed by atoms with Crippen molar-refractivity contribution in [1.82, 2.24) is 36.3 Å². The molecule has 2 aliphatic rings. The Morgan fingerprint density at radius 1 is 0.927 bits per heavy atom. The minimum absolute atomic E-state index is 0.0442. The zero-order chi connectivity index (χ0) is 28.7. The Balaban J connectivity index is 0.891. The lowest BCUT2D eigenvalue weighted by Gasteiger charge is -2.16. The van der Waals surface area contributed by atoms with Crippen LogP contribution in [0.2, 0.25) is 0 Å². The number of nitrogens with one attached hydrogen (secondary N) is 3. The Hall–Kier alpha value is -3.07. The number of fused-ring (bicyclic) bond motifs is 1. The SMILES string of the molecule is Cc1nnc(-c2ccc(OCCOCCOCCOCCNC(=O)CCCCC3SCC4NC(=O)NC43)cc2)nn1. The van der Waals surface area contributed by atoms with Crippen LogP contribution in [-0.2, 0) is 19.0 Å². The van der Waals surface area contributed by atoms with Gasteiger partial charge in [-0.3, -0.25) is 4.79 Å². The molecule has 14 heteroatoms. The van der Waals surface area contributed by atoms with E-state index in [1.54, 1.807) is 6.92 Å². The summed E-state index contributed by atoms with van der Waals surface area (Å²) in [5, 5.41) is 25.1. The Bertz CT molecular complexity index is 1080. The van der Waals surface area contributed by atoms with E-state index in [1.165, 1.54) is 0 Å². The standard InChI is InChI=1S/C27H39N7O6S/c1-19-31-33-26(34-32-19)20-6-8-21(9-7-20)40-17-16-39-15-14-38-13-12-37-11-10-28-24(35)5-3-2-4-23-25-22(18-41-23)29-27(36)30-25/h6-9,22-23,25H,2-5,10-18H2,1H3,(H,28,35)(H2,29,30,36). The fraction of sp³-hybridized carbons (Fsp3) is 0.630. The largest absolute Gasteiger partial charge is 0.491 e. The first-order chi connectivity index (χ1) is 20.1. The van der Waals surface area contributed by atoms with Gasteiger partial charge in [0.1, 0.15) is 12.4 Å². The van der Waals surface area contributed by atoms with Crippen molar-refractivity contribution in [2.45, 2.75) is 49.9 Å². The van der Waals surface area contributed by atoms with Crippen molar-refractivity contribution < 1.29 is 28.5 Å². The summed E-state index contributed by atoms with van der Waals surface area (Å²) in [5.74, 6) is 2.73. The molecule has 0 radical (unpaired) electrons. The third kappa shape index (κ3) is 10.7. The van der Waals surface area contributed by atoms with E-state index in [2.05, 4.69) is 36.3 Å². The van der Waals surface area contributed by atoms with Crippen LogP contribution in [0.1, 0.15) is 31.5 Å². The molecule has 4 rings (SSSR count). The lowest BCUT2D eigenvalue weighted by Crippen LogP contribution is -2.36. The van der Waals surface area contributed by atoms with Gasteiger partial charge in [-0.15, -0.1) is 20.4 Å². The number of carbonyl (C=O) groups is 2. The van der Waals surface area contributed by atoms with Crippen molar-refractivity contribution >= 4 is 23.7 Å². The first-order valence-corrected chi connectivity index (χ1v) is 15.1. The molecule has 13 nitrogen and oxygen atoms in total. The number of carbonyl (C=O) groups excluding carboxylic acids is 2.